The number of hydrogen-bond donors (Lipinski definition) is 1. The highest BCUT2D eigenvalue weighted by Crippen LogP contribution is 2.10. The standard InChI is InChI=1S/C12H17NO2/c1-10-5-6-12(15-10)9-13-8-11-4-2-3-7-14-11/h3,5-7,11,13H,2,4,8-9H2,1H3. The Morgan fingerprint density at radius 1 is 1.47 bits per heavy atom. The summed E-state index contributed by atoms with van der Waals surface area (Å²) >= 11 is 0. The fraction of sp³-hybridized carbons (Fsp3) is 0.500. The Morgan fingerprint density at radius 2 is 2.40 bits per heavy atom. The molecule has 0 amide bonds. The highest BCUT2D eigenvalue weighted by molar-refractivity contribution is 5.05. The Morgan fingerprint density at radius 3 is 3.07 bits per heavy atom. The lowest BCUT2D eigenvalue weighted by atomic mass is 10.1. The van der Waals surface area contributed by atoms with E-state index in [1.54, 1.807) is 6.26 Å². The van der Waals surface area contributed by atoms with E-state index in [4.69, 9.17) is 9.15 Å². The normalized spacial score (nSPS) is 20.2. The summed E-state index contributed by atoms with van der Waals surface area (Å²) in [4.78, 5) is 0. The minimum atomic E-state index is 0.311. The van der Waals surface area contributed by atoms with Crippen LogP contribution in [0.4, 0.5) is 0 Å². The van der Waals surface area contributed by atoms with E-state index in [1.165, 1.54) is 0 Å². The van der Waals surface area contributed by atoms with Crippen LogP contribution in [0.5, 0.6) is 0 Å². The molecule has 1 aromatic rings. The van der Waals surface area contributed by atoms with Crippen molar-refractivity contribution in [3.05, 3.63) is 36.0 Å². The summed E-state index contributed by atoms with van der Waals surface area (Å²) in [6, 6.07) is 3.99. The summed E-state index contributed by atoms with van der Waals surface area (Å²) in [5.74, 6) is 1.95. The number of hydrogen-bond acceptors (Lipinski definition) is 3. The van der Waals surface area contributed by atoms with Gasteiger partial charge in [-0.1, -0.05) is 0 Å². The number of aryl methyl sites for hydroxylation is 1. The second-order valence-electron chi connectivity index (χ2n) is 3.85. The predicted molar refractivity (Wildman–Crippen MR) is 58.4 cm³/mol. The Labute approximate surface area is 90.1 Å². The van der Waals surface area contributed by atoms with Crippen molar-refractivity contribution in [3.63, 3.8) is 0 Å². The van der Waals surface area contributed by atoms with Crippen molar-refractivity contribution in [3.8, 4) is 0 Å². The van der Waals surface area contributed by atoms with E-state index in [0.29, 0.717) is 6.10 Å². The maximum absolute atomic E-state index is 5.46. The molecule has 82 valence electrons. The van der Waals surface area contributed by atoms with Crippen LogP contribution in [-0.4, -0.2) is 12.6 Å². The second kappa shape index (κ2) is 5.03. The van der Waals surface area contributed by atoms with Crippen molar-refractivity contribution in [2.24, 2.45) is 0 Å². The van der Waals surface area contributed by atoms with E-state index in [0.717, 1.165) is 37.5 Å². The van der Waals surface area contributed by atoms with E-state index in [2.05, 4.69) is 11.4 Å². The van der Waals surface area contributed by atoms with Crippen LogP contribution >= 0.6 is 0 Å². The first-order valence-electron chi connectivity index (χ1n) is 5.41. The summed E-state index contributed by atoms with van der Waals surface area (Å²) in [7, 11) is 0. The first-order valence-corrected chi connectivity index (χ1v) is 5.41. The lowest BCUT2D eigenvalue weighted by Gasteiger charge is -2.19. The van der Waals surface area contributed by atoms with E-state index in [1.807, 2.05) is 19.1 Å². The molecule has 2 rings (SSSR count). The van der Waals surface area contributed by atoms with Gasteiger partial charge in [0.25, 0.3) is 0 Å². The first-order chi connectivity index (χ1) is 7.34. The highest BCUT2D eigenvalue weighted by Gasteiger charge is 2.10. The molecule has 3 nitrogen and oxygen atoms in total. The van der Waals surface area contributed by atoms with Crippen LogP contribution in [0.25, 0.3) is 0 Å². The van der Waals surface area contributed by atoms with Gasteiger partial charge in [0.1, 0.15) is 17.6 Å². The Balaban J connectivity index is 1.68. The van der Waals surface area contributed by atoms with Crippen LogP contribution in [0.15, 0.2) is 28.9 Å². The third-order valence-electron chi connectivity index (χ3n) is 2.49. The van der Waals surface area contributed by atoms with Gasteiger partial charge in [-0.15, -0.1) is 0 Å². The third kappa shape index (κ3) is 3.13. The molecule has 0 aromatic carbocycles. The molecule has 0 saturated heterocycles. The zero-order chi connectivity index (χ0) is 10.5. The van der Waals surface area contributed by atoms with Crippen molar-refractivity contribution in [1.29, 1.82) is 0 Å². The van der Waals surface area contributed by atoms with E-state index < -0.39 is 0 Å². The van der Waals surface area contributed by atoms with Crippen molar-refractivity contribution in [2.45, 2.75) is 32.4 Å². The molecule has 1 unspecified atom stereocenters. The van der Waals surface area contributed by atoms with Crippen LogP contribution in [0.3, 0.4) is 0 Å². The SMILES string of the molecule is Cc1ccc(CNCC2CCC=CO2)o1. The van der Waals surface area contributed by atoms with Gasteiger partial charge in [0.05, 0.1) is 12.8 Å². The number of nitrogens with one attached hydrogen (secondary N) is 1. The summed E-state index contributed by atoms with van der Waals surface area (Å²) in [6.07, 6.45) is 6.39. The molecule has 15 heavy (non-hydrogen) atoms. The molecule has 0 fully saturated rings. The van der Waals surface area contributed by atoms with Gasteiger partial charge in [-0.25, -0.2) is 0 Å². The largest absolute Gasteiger partial charge is 0.497 e. The molecule has 1 aromatic heterocycles. The number of furan rings is 1. The molecule has 1 aliphatic rings. The molecule has 1 aliphatic heterocycles. The van der Waals surface area contributed by atoms with Gasteiger partial charge in [0.15, 0.2) is 0 Å². The molecule has 2 heterocycles. The average molecular weight is 207 g/mol. The fourth-order valence-electron chi connectivity index (χ4n) is 1.67. The molecule has 0 spiro atoms. The smallest absolute Gasteiger partial charge is 0.117 e. The van der Waals surface area contributed by atoms with E-state index >= 15 is 0 Å². The van der Waals surface area contributed by atoms with Gasteiger partial charge in [-0.2, -0.15) is 0 Å². The number of allylic oxidation sites excluding steroid dienone is 1. The van der Waals surface area contributed by atoms with Crippen molar-refractivity contribution in [2.75, 3.05) is 6.54 Å². The van der Waals surface area contributed by atoms with Gasteiger partial charge in [-0.3, -0.25) is 0 Å². The van der Waals surface area contributed by atoms with Crippen molar-refractivity contribution < 1.29 is 9.15 Å². The molecule has 0 aliphatic carbocycles. The zero-order valence-electron chi connectivity index (χ0n) is 9.03. The van der Waals surface area contributed by atoms with E-state index in [-0.39, 0.29) is 0 Å². The molecule has 1 atom stereocenters. The van der Waals surface area contributed by atoms with E-state index in [9.17, 15) is 0 Å². The number of rotatable bonds is 4. The van der Waals surface area contributed by atoms with Crippen LogP contribution in [0, 0.1) is 6.92 Å². The van der Waals surface area contributed by atoms with Gasteiger partial charge in [-0.05, 0) is 38.0 Å². The maximum atomic E-state index is 5.46. The zero-order valence-corrected chi connectivity index (χ0v) is 9.03. The summed E-state index contributed by atoms with van der Waals surface area (Å²) in [5.41, 5.74) is 0. The monoisotopic (exact) mass is 207 g/mol. The Bertz CT molecular complexity index is 330. The minimum Gasteiger partial charge on any atom is -0.497 e. The van der Waals surface area contributed by atoms with Gasteiger partial charge >= 0.3 is 0 Å². The first kappa shape index (κ1) is 10.3. The van der Waals surface area contributed by atoms with Crippen LogP contribution in [-0.2, 0) is 11.3 Å². The fourth-order valence-corrected chi connectivity index (χ4v) is 1.67. The molecule has 1 N–H and O–H groups in total. The lowest BCUT2D eigenvalue weighted by Crippen LogP contribution is -2.28. The third-order valence-corrected chi connectivity index (χ3v) is 2.49. The Kier molecular flexibility index (Phi) is 3.45. The van der Waals surface area contributed by atoms with Crippen molar-refractivity contribution in [1.82, 2.24) is 5.32 Å². The van der Waals surface area contributed by atoms with Gasteiger partial charge in [0.2, 0.25) is 0 Å². The quantitative estimate of drug-likeness (QED) is 0.823. The lowest BCUT2D eigenvalue weighted by molar-refractivity contribution is 0.121. The topological polar surface area (TPSA) is 34.4 Å². The molecule has 3 heteroatoms. The maximum Gasteiger partial charge on any atom is 0.117 e. The van der Waals surface area contributed by atoms with Crippen molar-refractivity contribution >= 4 is 0 Å². The van der Waals surface area contributed by atoms with Gasteiger partial charge < -0.3 is 14.5 Å². The predicted octanol–water partition coefficient (Wildman–Crippen LogP) is 2.37. The molecular formula is C12H17NO2. The Hall–Kier alpha value is -1.22. The summed E-state index contributed by atoms with van der Waals surface area (Å²) in [5, 5.41) is 3.33. The summed E-state index contributed by atoms with van der Waals surface area (Å²) in [6.45, 7) is 3.61. The number of ether oxygens (including phenoxy) is 1. The average Bonchev–Trinajstić information content (AvgIpc) is 2.66. The molecular weight excluding hydrogens is 190 g/mol. The van der Waals surface area contributed by atoms with Crippen LogP contribution in [0.2, 0.25) is 0 Å². The highest BCUT2D eigenvalue weighted by atomic mass is 16.5. The van der Waals surface area contributed by atoms with Gasteiger partial charge in [0, 0.05) is 6.54 Å². The van der Waals surface area contributed by atoms with Crippen LogP contribution in [0.1, 0.15) is 24.4 Å². The summed E-state index contributed by atoms with van der Waals surface area (Å²) < 4.78 is 10.9. The molecule has 0 saturated carbocycles. The minimum absolute atomic E-state index is 0.311. The second-order valence-corrected chi connectivity index (χ2v) is 3.85. The molecule has 0 bridgehead atoms. The van der Waals surface area contributed by atoms with Crippen LogP contribution < -0.4 is 5.32 Å². The molecule has 0 radical (unpaired) electrons.